The van der Waals surface area contributed by atoms with Crippen LogP contribution in [-0.4, -0.2) is 5.16 Å². The molecule has 0 aliphatic heterocycles. The van der Waals surface area contributed by atoms with Crippen LogP contribution >= 0.6 is 15.9 Å². The fourth-order valence-corrected chi connectivity index (χ4v) is 2.35. The Labute approximate surface area is 115 Å². The minimum absolute atomic E-state index is 0.429. The first kappa shape index (κ1) is 13.1. The van der Waals surface area contributed by atoms with Crippen LogP contribution in [0.4, 0.5) is 5.88 Å². The van der Waals surface area contributed by atoms with Gasteiger partial charge in [0.2, 0.25) is 5.88 Å². The van der Waals surface area contributed by atoms with Crippen LogP contribution in [0.3, 0.4) is 0 Å². The summed E-state index contributed by atoms with van der Waals surface area (Å²) in [5, 5.41) is 4.12. The predicted octanol–water partition coefficient (Wildman–Crippen LogP) is 4.19. The summed E-state index contributed by atoms with van der Waals surface area (Å²) in [5.41, 5.74) is 9.97. The maximum Gasteiger partial charge on any atom is 0.225 e. The van der Waals surface area contributed by atoms with E-state index in [1.165, 1.54) is 0 Å². The Morgan fingerprint density at radius 3 is 2.78 bits per heavy atom. The molecule has 2 aromatic rings. The van der Waals surface area contributed by atoms with Gasteiger partial charge in [0, 0.05) is 15.6 Å². The summed E-state index contributed by atoms with van der Waals surface area (Å²) < 4.78 is 6.19. The molecule has 0 aliphatic carbocycles. The average molecular weight is 309 g/mol. The van der Waals surface area contributed by atoms with Crippen molar-refractivity contribution < 1.29 is 4.52 Å². The monoisotopic (exact) mass is 308 g/mol. The second-order valence-corrected chi connectivity index (χ2v) is 5.85. The van der Waals surface area contributed by atoms with E-state index in [9.17, 15) is 0 Å². The first-order valence-electron chi connectivity index (χ1n) is 5.99. The first-order valence-corrected chi connectivity index (χ1v) is 6.79. The third kappa shape index (κ3) is 2.58. The van der Waals surface area contributed by atoms with Gasteiger partial charge in [-0.25, -0.2) is 0 Å². The first-order chi connectivity index (χ1) is 8.49. The lowest BCUT2D eigenvalue weighted by Gasteiger charge is -2.08. The van der Waals surface area contributed by atoms with Gasteiger partial charge in [0.1, 0.15) is 5.69 Å². The van der Waals surface area contributed by atoms with Crippen molar-refractivity contribution in [3.63, 3.8) is 0 Å². The molecule has 0 saturated carbocycles. The van der Waals surface area contributed by atoms with E-state index in [1.54, 1.807) is 0 Å². The van der Waals surface area contributed by atoms with Gasteiger partial charge in [0.25, 0.3) is 0 Å². The van der Waals surface area contributed by atoms with E-state index in [2.05, 4.69) is 54.0 Å². The molecule has 0 amide bonds. The number of aromatic nitrogens is 1. The Morgan fingerprint density at radius 2 is 2.11 bits per heavy atom. The van der Waals surface area contributed by atoms with Crippen molar-refractivity contribution in [3.8, 4) is 11.3 Å². The van der Waals surface area contributed by atoms with Crippen LogP contribution in [-0.2, 0) is 6.42 Å². The lowest BCUT2D eigenvalue weighted by molar-refractivity contribution is 0.438. The largest absolute Gasteiger partial charge is 0.367 e. The van der Waals surface area contributed by atoms with Crippen LogP contribution in [0.15, 0.2) is 27.2 Å². The number of halogens is 1. The third-order valence-corrected chi connectivity index (χ3v) is 3.38. The Kier molecular flexibility index (Phi) is 3.76. The second kappa shape index (κ2) is 5.14. The van der Waals surface area contributed by atoms with E-state index in [-0.39, 0.29) is 0 Å². The lowest BCUT2D eigenvalue weighted by atomic mass is 9.97. The molecule has 96 valence electrons. The minimum Gasteiger partial charge on any atom is -0.367 e. The quantitative estimate of drug-likeness (QED) is 0.924. The summed E-state index contributed by atoms with van der Waals surface area (Å²) >= 11 is 3.49. The summed E-state index contributed by atoms with van der Waals surface area (Å²) in [7, 11) is 0. The molecule has 0 spiro atoms. The number of anilines is 1. The zero-order chi connectivity index (χ0) is 13.3. The van der Waals surface area contributed by atoms with Crippen molar-refractivity contribution in [2.24, 2.45) is 5.92 Å². The molecule has 0 atom stereocenters. The summed E-state index contributed by atoms with van der Waals surface area (Å²) in [5.74, 6) is 0.941. The van der Waals surface area contributed by atoms with Gasteiger partial charge >= 0.3 is 0 Å². The van der Waals surface area contributed by atoms with Crippen molar-refractivity contribution in [3.05, 3.63) is 33.8 Å². The molecule has 2 N–H and O–H groups in total. The Morgan fingerprint density at radius 1 is 1.39 bits per heavy atom. The summed E-state index contributed by atoms with van der Waals surface area (Å²) in [6.45, 7) is 6.37. The molecule has 1 heterocycles. The Balaban J connectivity index is 2.53. The van der Waals surface area contributed by atoms with Crippen molar-refractivity contribution in [2.45, 2.75) is 27.2 Å². The van der Waals surface area contributed by atoms with E-state index in [0.29, 0.717) is 11.8 Å². The SMILES string of the molecule is Cc1ccc(Br)cc1-c1noc(N)c1CC(C)C. The molecule has 0 aliphatic rings. The Bertz CT molecular complexity index is 561. The molecular weight excluding hydrogens is 292 g/mol. The zero-order valence-electron chi connectivity index (χ0n) is 10.8. The average Bonchev–Trinajstić information content (AvgIpc) is 2.64. The Hall–Kier alpha value is -1.29. The van der Waals surface area contributed by atoms with Crippen LogP contribution in [0.25, 0.3) is 11.3 Å². The summed E-state index contributed by atoms with van der Waals surface area (Å²) in [6, 6.07) is 6.13. The normalized spacial score (nSPS) is 11.2. The second-order valence-electron chi connectivity index (χ2n) is 4.93. The molecule has 3 nitrogen and oxygen atoms in total. The predicted molar refractivity (Wildman–Crippen MR) is 77.3 cm³/mol. The minimum atomic E-state index is 0.429. The molecule has 0 saturated heterocycles. The standard InChI is InChI=1S/C14H17BrN2O/c1-8(2)6-12-13(17-18-14(12)16)11-7-10(15)5-4-9(11)3/h4-5,7-8H,6,16H2,1-3H3. The van der Waals surface area contributed by atoms with Crippen molar-refractivity contribution >= 4 is 21.8 Å². The molecule has 4 heteroatoms. The number of nitrogen functional groups attached to an aromatic ring is 1. The highest BCUT2D eigenvalue weighted by molar-refractivity contribution is 9.10. The number of hydrogen-bond donors (Lipinski definition) is 1. The molecule has 0 unspecified atom stereocenters. The third-order valence-electron chi connectivity index (χ3n) is 2.89. The number of rotatable bonds is 3. The van der Waals surface area contributed by atoms with E-state index in [1.807, 2.05) is 6.07 Å². The molecule has 1 aromatic heterocycles. The number of nitrogens with two attached hydrogens (primary N) is 1. The van der Waals surface area contributed by atoms with Gasteiger partial charge in [-0.1, -0.05) is 41.0 Å². The maximum atomic E-state index is 5.87. The number of hydrogen-bond acceptors (Lipinski definition) is 3. The molecule has 0 radical (unpaired) electrons. The van der Waals surface area contributed by atoms with Gasteiger partial charge < -0.3 is 10.3 Å². The van der Waals surface area contributed by atoms with Crippen LogP contribution in [0.2, 0.25) is 0 Å². The highest BCUT2D eigenvalue weighted by Gasteiger charge is 2.18. The fraction of sp³-hybridized carbons (Fsp3) is 0.357. The van der Waals surface area contributed by atoms with Gasteiger partial charge in [-0.05, 0) is 37.0 Å². The van der Waals surface area contributed by atoms with Crippen molar-refractivity contribution in [1.29, 1.82) is 0 Å². The highest BCUT2D eigenvalue weighted by Crippen LogP contribution is 2.32. The van der Waals surface area contributed by atoms with E-state index in [4.69, 9.17) is 10.3 Å². The number of benzene rings is 1. The smallest absolute Gasteiger partial charge is 0.225 e. The van der Waals surface area contributed by atoms with Gasteiger partial charge in [-0.2, -0.15) is 0 Å². The topological polar surface area (TPSA) is 52.0 Å². The molecular formula is C14H17BrN2O. The van der Waals surface area contributed by atoms with Gasteiger partial charge in [0.05, 0.1) is 0 Å². The lowest BCUT2D eigenvalue weighted by Crippen LogP contribution is -1.99. The summed E-state index contributed by atoms with van der Waals surface area (Å²) in [6.07, 6.45) is 0.872. The van der Waals surface area contributed by atoms with E-state index in [0.717, 1.165) is 33.3 Å². The zero-order valence-corrected chi connectivity index (χ0v) is 12.4. The maximum absolute atomic E-state index is 5.87. The molecule has 2 rings (SSSR count). The fourth-order valence-electron chi connectivity index (χ4n) is 1.99. The molecule has 18 heavy (non-hydrogen) atoms. The number of nitrogens with zero attached hydrogens (tertiary/aromatic N) is 1. The van der Waals surface area contributed by atoms with Crippen LogP contribution in [0.1, 0.15) is 25.0 Å². The van der Waals surface area contributed by atoms with Crippen molar-refractivity contribution in [2.75, 3.05) is 5.73 Å². The van der Waals surface area contributed by atoms with Gasteiger partial charge in [-0.15, -0.1) is 0 Å². The summed E-state index contributed by atoms with van der Waals surface area (Å²) in [4.78, 5) is 0. The molecule has 1 aromatic carbocycles. The van der Waals surface area contributed by atoms with Crippen LogP contribution < -0.4 is 5.73 Å². The van der Waals surface area contributed by atoms with Gasteiger partial charge in [-0.3, -0.25) is 0 Å². The van der Waals surface area contributed by atoms with Crippen LogP contribution in [0.5, 0.6) is 0 Å². The molecule has 0 bridgehead atoms. The van der Waals surface area contributed by atoms with Crippen LogP contribution in [0, 0.1) is 12.8 Å². The van der Waals surface area contributed by atoms with E-state index < -0.39 is 0 Å². The molecule has 0 fully saturated rings. The van der Waals surface area contributed by atoms with Gasteiger partial charge in [0.15, 0.2) is 0 Å². The van der Waals surface area contributed by atoms with Crippen molar-refractivity contribution in [1.82, 2.24) is 5.16 Å². The highest BCUT2D eigenvalue weighted by atomic mass is 79.9. The number of aryl methyl sites for hydroxylation is 1. The van der Waals surface area contributed by atoms with E-state index >= 15 is 0 Å².